The van der Waals surface area contributed by atoms with Gasteiger partial charge in [0, 0.05) is 24.3 Å². The molecule has 4 rings (SSSR count). The third-order valence-electron chi connectivity index (χ3n) is 4.46. The van der Waals surface area contributed by atoms with Crippen LogP contribution in [0.15, 0.2) is 79.3 Å². The van der Waals surface area contributed by atoms with Crippen LogP contribution in [0.1, 0.15) is 111 Å². The maximum absolute atomic E-state index is 3.98. The number of hydrogen-bond acceptors (Lipinski definition) is 2. The van der Waals surface area contributed by atoms with Gasteiger partial charge in [0.2, 0.25) is 0 Å². The van der Waals surface area contributed by atoms with E-state index >= 15 is 0 Å². The summed E-state index contributed by atoms with van der Waals surface area (Å²) in [5.74, 6) is 1.04. The normalized spacial score (nSPS) is 10.7. The molecule has 0 radical (unpaired) electrons. The van der Waals surface area contributed by atoms with Crippen molar-refractivity contribution in [3.05, 3.63) is 96.1 Å². The smallest absolute Gasteiger partial charge is 0.0372 e. The van der Waals surface area contributed by atoms with Crippen LogP contribution in [0.5, 0.6) is 0 Å². The predicted octanol–water partition coefficient (Wildman–Crippen LogP) is 11.5. The average Bonchev–Trinajstić information content (AvgIpc) is 2.96. The molecule has 1 saturated carbocycles. The lowest BCUT2D eigenvalue weighted by atomic mass is 9.91. The predicted molar refractivity (Wildman–Crippen MR) is 167 cm³/mol. The fraction of sp³-hybridized carbons (Fsp3) is 0.529. The Morgan fingerprint density at radius 1 is 0.556 bits per heavy atom. The van der Waals surface area contributed by atoms with E-state index in [0.717, 1.165) is 11.6 Å². The van der Waals surface area contributed by atoms with Crippen LogP contribution in [-0.2, 0) is 0 Å². The summed E-state index contributed by atoms with van der Waals surface area (Å²) in [7, 11) is 0. The molecule has 2 aromatic heterocycles. The highest BCUT2D eigenvalue weighted by atomic mass is 14.6. The Morgan fingerprint density at radius 3 is 1.28 bits per heavy atom. The number of benzene rings is 1. The van der Waals surface area contributed by atoms with Gasteiger partial charge in [-0.15, -0.1) is 0 Å². The zero-order valence-corrected chi connectivity index (χ0v) is 26.0. The largest absolute Gasteiger partial charge is 0.264 e. The molecule has 2 nitrogen and oxygen atoms in total. The van der Waals surface area contributed by atoms with E-state index in [1.165, 1.54) is 43.2 Å². The first-order valence-corrected chi connectivity index (χ1v) is 14.3. The SMILES string of the molecule is CC.CC.CC.CC.CC1CCCCC1.Cc1ccccc1.Cc1ccccn1.Cc1cccnc1. The second-order valence-electron chi connectivity index (χ2n) is 7.40. The fourth-order valence-electron chi connectivity index (χ4n) is 2.74. The van der Waals surface area contributed by atoms with Crippen molar-refractivity contribution in [1.82, 2.24) is 9.97 Å². The monoisotopic (exact) mass is 496 g/mol. The second-order valence-corrected chi connectivity index (χ2v) is 7.40. The van der Waals surface area contributed by atoms with E-state index in [1.807, 2.05) is 124 Å². The maximum Gasteiger partial charge on any atom is 0.0372 e. The van der Waals surface area contributed by atoms with Crippen molar-refractivity contribution in [3.8, 4) is 0 Å². The minimum absolute atomic E-state index is 1.04. The number of rotatable bonds is 0. The molecule has 0 aliphatic heterocycles. The summed E-state index contributed by atoms with van der Waals surface area (Å²) >= 11 is 0. The van der Waals surface area contributed by atoms with Gasteiger partial charge in [0.05, 0.1) is 0 Å². The zero-order valence-electron chi connectivity index (χ0n) is 26.0. The molecule has 1 aliphatic rings. The van der Waals surface area contributed by atoms with E-state index in [9.17, 15) is 0 Å². The second kappa shape index (κ2) is 37.1. The van der Waals surface area contributed by atoms with Crippen LogP contribution in [-0.4, -0.2) is 9.97 Å². The van der Waals surface area contributed by atoms with Gasteiger partial charge in [-0.2, -0.15) is 0 Å². The number of aryl methyl sites for hydroxylation is 3. The molecule has 0 saturated heterocycles. The van der Waals surface area contributed by atoms with E-state index < -0.39 is 0 Å². The zero-order chi connectivity index (χ0) is 28.5. The topological polar surface area (TPSA) is 25.8 Å². The van der Waals surface area contributed by atoms with Crippen LogP contribution in [0, 0.1) is 26.7 Å². The van der Waals surface area contributed by atoms with Gasteiger partial charge in [0.25, 0.3) is 0 Å². The van der Waals surface area contributed by atoms with E-state index in [-0.39, 0.29) is 0 Å². The summed E-state index contributed by atoms with van der Waals surface area (Å²) in [5, 5.41) is 0. The highest BCUT2D eigenvalue weighted by molar-refractivity contribution is 5.11. The first-order chi connectivity index (χ1) is 17.6. The van der Waals surface area contributed by atoms with E-state index in [1.54, 1.807) is 12.4 Å². The molecule has 3 aromatic rings. The van der Waals surface area contributed by atoms with E-state index in [0.29, 0.717) is 0 Å². The molecule has 2 heterocycles. The van der Waals surface area contributed by atoms with Gasteiger partial charge >= 0.3 is 0 Å². The van der Waals surface area contributed by atoms with Gasteiger partial charge in [-0.3, -0.25) is 9.97 Å². The van der Waals surface area contributed by atoms with Crippen LogP contribution < -0.4 is 0 Å². The lowest BCUT2D eigenvalue weighted by Crippen LogP contribution is -1.99. The highest BCUT2D eigenvalue weighted by Gasteiger charge is 2.05. The summed E-state index contributed by atoms with van der Waals surface area (Å²) < 4.78 is 0. The van der Waals surface area contributed by atoms with Gasteiger partial charge in [-0.25, -0.2) is 0 Å². The Kier molecular flexibility index (Phi) is 41.9. The molecular weight excluding hydrogens is 436 g/mol. The first kappa shape index (κ1) is 40.7. The van der Waals surface area contributed by atoms with Gasteiger partial charge in [-0.05, 0) is 50.5 Å². The summed E-state index contributed by atoms with van der Waals surface area (Å²) in [4.78, 5) is 7.86. The minimum atomic E-state index is 1.04. The van der Waals surface area contributed by atoms with Crippen molar-refractivity contribution in [2.75, 3.05) is 0 Å². The molecule has 0 unspecified atom stereocenters. The van der Waals surface area contributed by atoms with Crippen molar-refractivity contribution in [2.45, 2.75) is 115 Å². The molecule has 0 N–H and O–H groups in total. The van der Waals surface area contributed by atoms with Crippen LogP contribution >= 0.6 is 0 Å². The Hall–Kier alpha value is -2.48. The number of nitrogens with zero attached hydrogens (tertiary/aromatic N) is 2. The van der Waals surface area contributed by atoms with Crippen LogP contribution in [0.3, 0.4) is 0 Å². The third kappa shape index (κ3) is 33.7. The van der Waals surface area contributed by atoms with Gasteiger partial charge in [0.1, 0.15) is 0 Å². The molecule has 0 amide bonds. The van der Waals surface area contributed by atoms with E-state index in [4.69, 9.17) is 0 Å². The number of pyridine rings is 2. The number of aromatic nitrogens is 2. The Labute approximate surface area is 227 Å². The standard InChI is InChI=1S/C7H14.C7H8.2C6H7N.4C2H6/c2*1-7-5-3-2-4-6-7;1-6-3-2-4-7-5-6;1-6-4-2-3-5-7-6;4*1-2/h7H,2-6H2,1H3;2-6H,1H3;2*2-5H,1H3;4*1-2H3. The van der Waals surface area contributed by atoms with Crippen LogP contribution in [0.2, 0.25) is 0 Å². The molecule has 2 heteroatoms. The fourth-order valence-corrected chi connectivity index (χ4v) is 2.74. The Morgan fingerprint density at radius 2 is 1.06 bits per heavy atom. The summed E-state index contributed by atoms with van der Waals surface area (Å²) in [5.41, 5.74) is 3.60. The van der Waals surface area contributed by atoms with Gasteiger partial charge in [-0.1, -0.05) is 142 Å². The number of hydrogen-bond donors (Lipinski definition) is 0. The van der Waals surface area contributed by atoms with E-state index in [2.05, 4.69) is 35.9 Å². The average molecular weight is 497 g/mol. The molecule has 0 atom stereocenters. The summed E-state index contributed by atoms with van der Waals surface area (Å²) in [6.07, 6.45) is 12.8. The maximum atomic E-state index is 3.98. The van der Waals surface area contributed by atoms with Crippen molar-refractivity contribution in [3.63, 3.8) is 0 Å². The van der Waals surface area contributed by atoms with Crippen LogP contribution in [0.25, 0.3) is 0 Å². The van der Waals surface area contributed by atoms with Crippen molar-refractivity contribution < 1.29 is 0 Å². The molecule has 206 valence electrons. The van der Waals surface area contributed by atoms with Crippen molar-refractivity contribution >= 4 is 0 Å². The van der Waals surface area contributed by atoms with Gasteiger partial charge in [0.15, 0.2) is 0 Å². The molecular formula is C34H60N2. The first-order valence-electron chi connectivity index (χ1n) is 14.3. The molecule has 0 bridgehead atoms. The van der Waals surface area contributed by atoms with Crippen molar-refractivity contribution in [2.24, 2.45) is 5.92 Å². The Balaban J connectivity index is -0.000000173. The summed E-state index contributed by atoms with van der Waals surface area (Å²) in [6.45, 7) is 24.4. The molecule has 1 aromatic carbocycles. The van der Waals surface area contributed by atoms with Gasteiger partial charge < -0.3 is 0 Å². The molecule has 1 aliphatic carbocycles. The molecule has 0 spiro atoms. The minimum Gasteiger partial charge on any atom is -0.264 e. The van der Waals surface area contributed by atoms with Crippen LogP contribution in [0.4, 0.5) is 0 Å². The van der Waals surface area contributed by atoms with Crippen molar-refractivity contribution in [1.29, 1.82) is 0 Å². The lowest BCUT2D eigenvalue weighted by Gasteiger charge is -2.15. The summed E-state index contributed by atoms with van der Waals surface area (Å²) in [6, 6.07) is 20.1. The highest BCUT2D eigenvalue weighted by Crippen LogP contribution is 2.22. The molecule has 36 heavy (non-hydrogen) atoms. The Bertz CT molecular complexity index is 602. The third-order valence-corrected chi connectivity index (χ3v) is 4.46. The lowest BCUT2D eigenvalue weighted by molar-refractivity contribution is 0.385. The molecule has 1 fully saturated rings. The quantitative estimate of drug-likeness (QED) is 0.309.